The van der Waals surface area contributed by atoms with Crippen molar-refractivity contribution < 1.29 is 0 Å². The molecule has 0 aromatic carbocycles. The number of hydrogen-bond donors (Lipinski definition) is 1. The van der Waals surface area contributed by atoms with Crippen molar-refractivity contribution in [3.8, 4) is 0 Å². The van der Waals surface area contributed by atoms with Gasteiger partial charge in [0.2, 0.25) is 0 Å². The first-order valence-corrected chi connectivity index (χ1v) is 5.56. The summed E-state index contributed by atoms with van der Waals surface area (Å²) in [5, 5.41) is 5.46. The van der Waals surface area contributed by atoms with E-state index in [1.54, 1.807) is 0 Å². The molecule has 68 valence electrons. The van der Waals surface area contributed by atoms with Gasteiger partial charge in [-0.1, -0.05) is 38.5 Å². The summed E-state index contributed by atoms with van der Waals surface area (Å²) in [6, 6.07) is 0. The molecule has 0 atom stereocenters. The van der Waals surface area contributed by atoms with E-state index in [1.807, 2.05) is 18.0 Å². The van der Waals surface area contributed by atoms with Crippen LogP contribution in [-0.2, 0) is 0 Å². The van der Waals surface area contributed by atoms with E-state index < -0.39 is 0 Å². The van der Waals surface area contributed by atoms with E-state index in [0.29, 0.717) is 0 Å². The predicted octanol–water partition coefficient (Wildman–Crippen LogP) is 3.61. The summed E-state index contributed by atoms with van der Waals surface area (Å²) in [7, 11) is 0. The Morgan fingerprint density at radius 2 is 2.00 bits per heavy atom. The SMILES string of the molecule is CCCC1=C(CCC)SC=CN1. The van der Waals surface area contributed by atoms with Crippen LogP contribution in [0.1, 0.15) is 39.5 Å². The molecule has 0 aromatic rings. The van der Waals surface area contributed by atoms with Gasteiger partial charge >= 0.3 is 0 Å². The van der Waals surface area contributed by atoms with E-state index in [-0.39, 0.29) is 0 Å². The largest absolute Gasteiger partial charge is 0.364 e. The molecule has 1 N–H and O–H groups in total. The quantitative estimate of drug-likeness (QED) is 0.714. The van der Waals surface area contributed by atoms with Gasteiger partial charge in [0.15, 0.2) is 0 Å². The van der Waals surface area contributed by atoms with Gasteiger partial charge in [-0.05, 0) is 18.2 Å². The molecule has 1 aliphatic heterocycles. The lowest BCUT2D eigenvalue weighted by Crippen LogP contribution is -2.09. The van der Waals surface area contributed by atoms with E-state index in [1.165, 1.54) is 36.3 Å². The Morgan fingerprint density at radius 3 is 2.67 bits per heavy atom. The first-order chi connectivity index (χ1) is 5.88. The van der Waals surface area contributed by atoms with Gasteiger partial charge in [0.25, 0.3) is 0 Å². The molecule has 0 spiro atoms. The minimum Gasteiger partial charge on any atom is -0.364 e. The predicted molar refractivity (Wildman–Crippen MR) is 56.7 cm³/mol. The molecule has 0 radical (unpaired) electrons. The fourth-order valence-electron chi connectivity index (χ4n) is 1.30. The van der Waals surface area contributed by atoms with E-state index >= 15 is 0 Å². The molecule has 1 rings (SSSR count). The average Bonchev–Trinajstić information content (AvgIpc) is 2.09. The van der Waals surface area contributed by atoms with Crippen molar-refractivity contribution in [2.75, 3.05) is 0 Å². The van der Waals surface area contributed by atoms with Crippen molar-refractivity contribution >= 4 is 11.8 Å². The Labute approximate surface area is 79.3 Å². The van der Waals surface area contributed by atoms with Gasteiger partial charge in [0.05, 0.1) is 0 Å². The van der Waals surface area contributed by atoms with Gasteiger partial charge in [0, 0.05) is 16.8 Å². The molecule has 0 bridgehead atoms. The van der Waals surface area contributed by atoms with Crippen LogP contribution in [0.15, 0.2) is 22.2 Å². The fourth-order valence-corrected chi connectivity index (χ4v) is 2.23. The molecule has 0 saturated heterocycles. The van der Waals surface area contributed by atoms with Crippen LogP contribution >= 0.6 is 11.8 Å². The van der Waals surface area contributed by atoms with Gasteiger partial charge in [-0.2, -0.15) is 0 Å². The standard InChI is InChI=1S/C10H17NS/c1-3-5-9-10(6-4-2)12-8-7-11-9/h7-8,11H,3-6H2,1-2H3. The van der Waals surface area contributed by atoms with Crippen LogP contribution in [0, 0.1) is 0 Å². The number of rotatable bonds is 4. The second-order valence-electron chi connectivity index (χ2n) is 2.97. The zero-order valence-corrected chi connectivity index (χ0v) is 8.71. The molecule has 0 saturated carbocycles. The van der Waals surface area contributed by atoms with Crippen LogP contribution in [0.5, 0.6) is 0 Å². The highest BCUT2D eigenvalue weighted by atomic mass is 32.2. The number of nitrogens with one attached hydrogen (secondary N) is 1. The molecular formula is C10H17NS. The highest BCUT2D eigenvalue weighted by molar-refractivity contribution is 8.05. The fraction of sp³-hybridized carbons (Fsp3) is 0.600. The maximum absolute atomic E-state index is 3.33. The third-order valence-electron chi connectivity index (χ3n) is 1.85. The minimum atomic E-state index is 1.19. The van der Waals surface area contributed by atoms with Gasteiger partial charge in [0.1, 0.15) is 0 Å². The van der Waals surface area contributed by atoms with E-state index in [0.717, 1.165) is 0 Å². The highest BCUT2D eigenvalue weighted by Gasteiger charge is 2.06. The molecule has 0 fully saturated rings. The summed E-state index contributed by atoms with van der Waals surface area (Å²) in [6.45, 7) is 4.46. The Hall–Kier alpha value is -0.370. The lowest BCUT2D eigenvalue weighted by atomic mass is 10.2. The summed E-state index contributed by atoms with van der Waals surface area (Å²) in [5.41, 5.74) is 1.44. The highest BCUT2D eigenvalue weighted by Crippen LogP contribution is 2.29. The number of allylic oxidation sites excluding steroid dienone is 2. The maximum Gasteiger partial charge on any atom is 0.0246 e. The van der Waals surface area contributed by atoms with Gasteiger partial charge in [-0.25, -0.2) is 0 Å². The van der Waals surface area contributed by atoms with Crippen molar-refractivity contribution in [2.45, 2.75) is 39.5 Å². The molecule has 0 aliphatic carbocycles. The van der Waals surface area contributed by atoms with Crippen LogP contribution in [0.2, 0.25) is 0 Å². The first kappa shape index (κ1) is 9.72. The molecule has 0 aromatic heterocycles. The van der Waals surface area contributed by atoms with E-state index in [2.05, 4.69) is 24.6 Å². The van der Waals surface area contributed by atoms with Crippen LogP contribution in [0.3, 0.4) is 0 Å². The molecular weight excluding hydrogens is 166 g/mol. The average molecular weight is 183 g/mol. The van der Waals surface area contributed by atoms with Gasteiger partial charge < -0.3 is 5.32 Å². The monoisotopic (exact) mass is 183 g/mol. The summed E-state index contributed by atoms with van der Waals surface area (Å²) >= 11 is 1.87. The molecule has 0 amide bonds. The van der Waals surface area contributed by atoms with E-state index in [4.69, 9.17) is 0 Å². The lowest BCUT2D eigenvalue weighted by molar-refractivity contribution is 0.808. The zero-order chi connectivity index (χ0) is 8.81. The van der Waals surface area contributed by atoms with Crippen LogP contribution in [0.25, 0.3) is 0 Å². The number of thioether (sulfide) groups is 1. The Balaban J connectivity index is 2.57. The second-order valence-corrected chi connectivity index (χ2v) is 3.97. The van der Waals surface area contributed by atoms with Crippen LogP contribution in [0.4, 0.5) is 0 Å². The van der Waals surface area contributed by atoms with Gasteiger partial charge in [-0.15, -0.1) is 0 Å². The molecule has 1 heterocycles. The summed E-state index contributed by atoms with van der Waals surface area (Å²) < 4.78 is 0. The van der Waals surface area contributed by atoms with Gasteiger partial charge in [-0.3, -0.25) is 0 Å². The van der Waals surface area contributed by atoms with Crippen molar-refractivity contribution in [1.29, 1.82) is 0 Å². The molecule has 2 heteroatoms. The molecule has 0 unspecified atom stereocenters. The second kappa shape index (κ2) is 5.31. The molecule has 1 aliphatic rings. The maximum atomic E-state index is 3.33. The van der Waals surface area contributed by atoms with Crippen molar-refractivity contribution in [3.05, 3.63) is 22.2 Å². The van der Waals surface area contributed by atoms with Crippen molar-refractivity contribution in [3.63, 3.8) is 0 Å². The summed E-state index contributed by atoms with van der Waals surface area (Å²) in [5.74, 6) is 0. The van der Waals surface area contributed by atoms with Crippen LogP contribution in [-0.4, -0.2) is 0 Å². The zero-order valence-electron chi connectivity index (χ0n) is 7.89. The Bertz CT molecular complexity index is 174. The van der Waals surface area contributed by atoms with E-state index in [9.17, 15) is 0 Å². The lowest BCUT2D eigenvalue weighted by Gasteiger charge is -2.16. The third-order valence-corrected chi connectivity index (χ3v) is 2.86. The normalized spacial score (nSPS) is 16.5. The minimum absolute atomic E-state index is 1.19. The molecule has 1 nitrogen and oxygen atoms in total. The summed E-state index contributed by atoms with van der Waals surface area (Å²) in [6.07, 6.45) is 6.91. The molecule has 12 heavy (non-hydrogen) atoms. The Kier molecular flexibility index (Phi) is 4.30. The van der Waals surface area contributed by atoms with Crippen molar-refractivity contribution in [1.82, 2.24) is 5.32 Å². The van der Waals surface area contributed by atoms with Crippen molar-refractivity contribution in [2.24, 2.45) is 0 Å². The Morgan fingerprint density at radius 1 is 1.25 bits per heavy atom. The summed E-state index contributed by atoms with van der Waals surface area (Å²) in [4.78, 5) is 1.53. The smallest absolute Gasteiger partial charge is 0.0246 e. The number of hydrogen-bond acceptors (Lipinski definition) is 2. The third kappa shape index (κ3) is 2.59. The first-order valence-electron chi connectivity index (χ1n) is 4.68. The topological polar surface area (TPSA) is 12.0 Å². The van der Waals surface area contributed by atoms with Crippen LogP contribution < -0.4 is 5.32 Å².